The summed E-state index contributed by atoms with van der Waals surface area (Å²) in [6.45, 7) is 0.939. The first kappa shape index (κ1) is 16.4. The second-order valence-electron chi connectivity index (χ2n) is 6.05. The number of aromatic nitrogens is 1. The molecule has 0 aliphatic carbocycles. The van der Waals surface area contributed by atoms with Crippen LogP contribution in [-0.2, 0) is 20.7 Å². The molecule has 1 aliphatic heterocycles. The Morgan fingerprint density at radius 2 is 2.00 bits per heavy atom. The summed E-state index contributed by atoms with van der Waals surface area (Å²) < 4.78 is 10.8. The number of para-hydroxylation sites is 2. The fourth-order valence-electron chi connectivity index (χ4n) is 2.83. The SMILES string of the molecule is O=C(CCc1nc2ccccc2o1)NCC1(C(=O)O)CCOCC1. The maximum Gasteiger partial charge on any atom is 0.311 e. The predicted octanol–water partition coefficient (Wildman–Crippen LogP) is 1.76. The molecule has 0 spiro atoms. The lowest BCUT2D eigenvalue weighted by atomic mass is 9.80. The Labute approximate surface area is 139 Å². The third-order valence-corrected chi connectivity index (χ3v) is 4.43. The molecule has 1 aromatic heterocycles. The average Bonchev–Trinajstić information content (AvgIpc) is 3.02. The molecule has 0 saturated carbocycles. The van der Waals surface area contributed by atoms with E-state index < -0.39 is 11.4 Å². The van der Waals surface area contributed by atoms with E-state index in [1.165, 1.54) is 0 Å². The van der Waals surface area contributed by atoms with E-state index in [2.05, 4.69) is 10.3 Å². The zero-order valence-electron chi connectivity index (χ0n) is 13.3. The van der Waals surface area contributed by atoms with Gasteiger partial charge in [0.1, 0.15) is 5.52 Å². The van der Waals surface area contributed by atoms with Gasteiger partial charge in [0.05, 0.1) is 5.41 Å². The molecule has 128 valence electrons. The van der Waals surface area contributed by atoms with Crippen LogP contribution < -0.4 is 5.32 Å². The molecule has 2 N–H and O–H groups in total. The van der Waals surface area contributed by atoms with Crippen molar-refractivity contribution in [2.24, 2.45) is 5.41 Å². The Morgan fingerprint density at radius 3 is 2.71 bits per heavy atom. The van der Waals surface area contributed by atoms with Crippen molar-refractivity contribution in [3.8, 4) is 0 Å². The number of amides is 1. The molecule has 0 atom stereocenters. The molecule has 0 unspecified atom stereocenters. The highest BCUT2D eigenvalue weighted by Crippen LogP contribution is 2.30. The predicted molar refractivity (Wildman–Crippen MR) is 85.5 cm³/mol. The lowest BCUT2D eigenvalue weighted by Gasteiger charge is -2.33. The molecule has 1 fully saturated rings. The van der Waals surface area contributed by atoms with E-state index >= 15 is 0 Å². The molecular weight excluding hydrogens is 312 g/mol. The van der Waals surface area contributed by atoms with E-state index in [0.29, 0.717) is 43.9 Å². The summed E-state index contributed by atoms with van der Waals surface area (Å²) in [5.41, 5.74) is 0.533. The van der Waals surface area contributed by atoms with Crippen LogP contribution in [0, 0.1) is 5.41 Å². The number of carbonyl (C=O) groups excluding carboxylic acids is 1. The Bertz CT molecular complexity index is 700. The smallest absolute Gasteiger partial charge is 0.311 e. The van der Waals surface area contributed by atoms with E-state index in [1.807, 2.05) is 24.3 Å². The molecule has 7 heteroatoms. The number of nitrogens with one attached hydrogen (secondary N) is 1. The van der Waals surface area contributed by atoms with Gasteiger partial charge in [-0.1, -0.05) is 12.1 Å². The van der Waals surface area contributed by atoms with Crippen LogP contribution in [0.4, 0.5) is 0 Å². The molecule has 2 heterocycles. The topological polar surface area (TPSA) is 102 Å². The van der Waals surface area contributed by atoms with Gasteiger partial charge in [-0.05, 0) is 25.0 Å². The molecule has 1 saturated heterocycles. The number of ether oxygens (including phenoxy) is 1. The standard InChI is InChI=1S/C17H20N2O5/c20-14(18-11-17(16(21)22)7-9-23-10-8-17)5-6-15-19-12-3-1-2-4-13(12)24-15/h1-4H,5-11H2,(H,18,20)(H,21,22). The highest BCUT2D eigenvalue weighted by molar-refractivity contribution is 5.79. The van der Waals surface area contributed by atoms with Crippen LogP contribution in [-0.4, -0.2) is 41.7 Å². The number of benzene rings is 1. The summed E-state index contributed by atoms with van der Waals surface area (Å²) in [5, 5.41) is 12.2. The van der Waals surface area contributed by atoms with E-state index in [4.69, 9.17) is 9.15 Å². The first-order valence-electron chi connectivity index (χ1n) is 8.01. The largest absolute Gasteiger partial charge is 0.481 e. The van der Waals surface area contributed by atoms with Gasteiger partial charge in [0.15, 0.2) is 11.5 Å². The van der Waals surface area contributed by atoms with Gasteiger partial charge < -0.3 is 19.6 Å². The van der Waals surface area contributed by atoms with Crippen LogP contribution >= 0.6 is 0 Å². The Hall–Kier alpha value is -2.41. The van der Waals surface area contributed by atoms with E-state index in [1.54, 1.807) is 0 Å². The summed E-state index contributed by atoms with van der Waals surface area (Å²) in [4.78, 5) is 27.9. The number of aryl methyl sites for hydroxylation is 1. The molecule has 3 rings (SSSR count). The van der Waals surface area contributed by atoms with E-state index in [-0.39, 0.29) is 18.9 Å². The van der Waals surface area contributed by atoms with Gasteiger partial charge in [0.2, 0.25) is 5.91 Å². The van der Waals surface area contributed by atoms with Gasteiger partial charge in [-0.25, -0.2) is 4.98 Å². The molecule has 1 amide bonds. The summed E-state index contributed by atoms with van der Waals surface area (Å²) in [6.07, 6.45) is 1.41. The lowest BCUT2D eigenvalue weighted by molar-refractivity contribution is -0.154. The summed E-state index contributed by atoms with van der Waals surface area (Å²) in [6, 6.07) is 7.42. The Kier molecular flexibility index (Phi) is 4.80. The van der Waals surface area contributed by atoms with Crippen molar-refractivity contribution in [2.45, 2.75) is 25.7 Å². The maximum absolute atomic E-state index is 12.0. The molecule has 7 nitrogen and oxygen atoms in total. The highest BCUT2D eigenvalue weighted by atomic mass is 16.5. The highest BCUT2D eigenvalue weighted by Gasteiger charge is 2.40. The molecule has 0 radical (unpaired) electrons. The number of carbonyl (C=O) groups is 2. The van der Waals surface area contributed by atoms with Gasteiger partial charge in [-0.15, -0.1) is 0 Å². The number of carboxylic acid groups (broad SMARTS) is 1. The average molecular weight is 332 g/mol. The van der Waals surface area contributed by atoms with Crippen LogP contribution in [0.25, 0.3) is 11.1 Å². The van der Waals surface area contributed by atoms with Crippen molar-refractivity contribution in [1.82, 2.24) is 10.3 Å². The quantitative estimate of drug-likeness (QED) is 0.836. The first-order chi connectivity index (χ1) is 11.6. The van der Waals surface area contributed by atoms with Crippen molar-refractivity contribution in [3.63, 3.8) is 0 Å². The zero-order valence-corrected chi connectivity index (χ0v) is 13.3. The monoisotopic (exact) mass is 332 g/mol. The molecule has 1 aromatic carbocycles. The minimum Gasteiger partial charge on any atom is -0.481 e. The van der Waals surface area contributed by atoms with Gasteiger partial charge in [-0.2, -0.15) is 0 Å². The maximum atomic E-state index is 12.0. The number of hydrogen-bond donors (Lipinski definition) is 2. The van der Waals surface area contributed by atoms with Crippen molar-refractivity contribution in [1.29, 1.82) is 0 Å². The van der Waals surface area contributed by atoms with Crippen LogP contribution in [0.1, 0.15) is 25.2 Å². The number of fused-ring (bicyclic) bond motifs is 1. The second-order valence-corrected chi connectivity index (χ2v) is 6.05. The summed E-state index contributed by atoms with van der Waals surface area (Å²) in [7, 11) is 0. The van der Waals surface area contributed by atoms with Crippen LogP contribution in [0.3, 0.4) is 0 Å². The zero-order chi connectivity index (χ0) is 17.0. The molecule has 2 aromatic rings. The van der Waals surface area contributed by atoms with E-state index in [0.717, 1.165) is 5.52 Å². The lowest BCUT2D eigenvalue weighted by Crippen LogP contribution is -2.46. The number of oxazole rings is 1. The van der Waals surface area contributed by atoms with Crippen LogP contribution in [0.2, 0.25) is 0 Å². The van der Waals surface area contributed by atoms with Crippen molar-refractivity contribution >= 4 is 23.0 Å². The third kappa shape index (κ3) is 3.56. The van der Waals surface area contributed by atoms with Gasteiger partial charge in [0, 0.05) is 32.6 Å². The van der Waals surface area contributed by atoms with Crippen LogP contribution in [0.15, 0.2) is 28.7 Å². The molecule has 1 aliphatic rings. The molecular formula is C17H20N2O5. The first-order valence-corrected chi connectivity index (χ1v) is 8.01. The van der Waals surface area contributed by atoms with Gasteiger partial charge in [-0.3, -0.25) is 9.59 Å². The van der Waals surface area contributed by atoms with Gasteiger partial charge >= 0.3 is 5.97 Å². The number of aliphatic carboxylic acids is 1. The second kappa shape index (κ2) is 7.00. The third-order valence-electron chi connectivity index (χ3n) is 4.43. The molecule has 24 heavy (non-hydrogen) atoms. The van der Waals surface area contributed by atoms with Crippen molar-refractivity contribution in [3.05, 3.63) is 30.2 Å². The number of rotatable bonds is 6. The molecule has 0 bridgehead atoms. The number of hydrogen-bond acceptors (Lipinski definition) is 5. The van der Waals surface area contributed by atoms with Crippen LogP contribution in [0.5, 0.6) is 0 Å². The number of nitrogens with zero attached hydrogens (tertiary/aromatic N) is 1. The fraction of sp³-hybridized carbons (Fsp3) is 0.471. The van der Waals surface area contributed by atoms with Gasteiger partial charge in [0.25, 0.3) is 0 Å². The Balaban J connectivity index is 1.52. The fourth-order valence-corrected chi connectivity index (χ4v) is 2.83. The minimum atomic E-state index is -0.925. The van der Waals surface area contributed by atoms with Crippen molar-refractivity contribution < 1.29 is 23.8 Å². The van der Waals surface area contributed by atoms with E-state index in [9.17, 15) is 14.7 Å². The Morgan fingerprint density at radius 1 is 1.25 bits per heavy atom. The van der Waals surface area contributed by atoms with Crippen molar-refractivity contribution in [2.75, 3.05) is 19.8 Å². The minimum absolute atomic E-state index is 0.123. The normalized spacial score (nSPS) is 16.8. The summed E-state index contributed by atoms with van der Waals surface area (Å²) in [5.74, 6) is -0.584. The number of carboxylic acids is 1. The summed E-state index contributed by atoms with van der Waals surface area (Å²) >= 11 is 0.